The van der Waals surface area contributed by atoms with E-state index in [1.807, 2.05) is 24.3 Å². The van der Waals surface area contributed by atoms with Crippen molar-refractivity contribution in [2.24, 2.45) is 11.8 Å². The smallest absolute Gasteiger partial charge is 1.00 e. The summed E-state index contributed by atoms with van der Waals surface area (Å²) in [7, 11) is 0. The average Bonchev–Trinajstić information content (AvgIpc) is 2.40. The summed E-state index contributed by atoms with van der Waals surface area (Å²) in [6.45, 7) is 5.44. The first-order valence-electron chi connectivity index (χ1n) is 6.57. The number of rotatable bonds is 2. The monoisotopic (exact) mass is 265 g/mol. The van der Waals surface area contributed by atoms with Crippen LogP contribution in [0.1, 0.15) is 30.2 Å². The maximum Gasteiger partial charge on any atom is 1.00 e. The highest BCUT2D eigenvalue weighted by Crippen LogP contribution is 2.34. The Labute approximate surface area is 116 Å². The number of nitrogens with zero attached hydrogens (tertiary/aromatic N) is 1. The molecule has 0 spiro atoms. The van der Waals surface area contributed by atoms with Crippen LogP contribution in [0.4, 0.5) is 0 Å². The van der Waals surface area contributed by atoms with Gasteiger partial charge in [-0.05, 0) is 38.8 Å². The molecule has 0 radical (unpaired) electrons. The highest BCUT2D eigenvalue weighted by atomic mass is 35.5. The molecular formula is C15H20ClNO. The van der Waals surface area contributed by atoms with Crippen LogP contribution in [0.3, 0.4) is 0 Å². The van der Waals surface area contributed by atoms with Crippen LogP contribution >= 0.6 is 0 Å². The summed E-state index contributed by atoms with van der Waals surface area (Å²) in [5.41, 5.74) is 2.12. The summed E-state index contributed by atoms with van der Waals surface area (Å²) in [5, 5.41) is 0. The Bertz CT molecular complexity index is 426. The molecular weight excluding hydrogens is 246 g/mol. The van der Waals surface area contributed by atoms with Crippen LogP contribution in [-0.4, -0.2) is 30.3 Å². The fourth-order valence-corrected chi connectivity index (χ4v) is 3.19. The van der Waals surface area contributed by atoms with E-state index in [2.05, 4.69) is 11.8 Å². The van der Waals surface area contributed by atoms with Gasteiger partial charge in [0.1, 0.15) is 0 Å². The third-order valence-corrected chi connectivity index (χ3v) is 4.33. The number of hydrogen-bond donors (Lipinski definition) is 0. The van der Waals surface area contributed by atoms with Gasteiger partial charge in [-0.25, -0.2) is 0 Å². The molecule has 1 aromatic rings. The molecule has 0 amide bonds. The zero-order valence-corrected chi connectivity index (χ0v) is 11.5. The number of benzene rings is 1. The molecule has 3 saturated heterocycles. The Morgan fingerprint density at radius 2 is 1.83 bits per heavy atom. The minimum atomic E-state index is 0. The molecule has 1 unspecified atom stereocenters. The van der Waals surface area contributed by atoms with Crippen molar-refractivity contribution in [1.29, 1.82) is 0 Å². The predicted octanol–water partition coefficient (Wildman–Crippen LogP) is -0.364. The zero-order chi connectivity index (χ0) is 11.8. The van der Waals surface area contributed by atoms with Crippen molar-refractivity contribution in [3.63, 3.8) is 0 Å². The molecule has 3 fully saturated rings. The highest BCUT2D eigenvalue weighted by Gasteiger charge is 2.38. The Kier molecular flexibility index (Phi) is 4.08. The summed E-state index contributed by atoms with van der Waals surface area (Å²) in [5.74, 6) is 1.24. The second kappa shape index (κ2) is 5.41. The van der Waals surface area contributed by atoms with Crippen LogP contribution in [0.5, 0.6) is 0 Å². The van der Waals surface area contributed by atoms with E-state index in [0.29, 0.717) is 11.7 Å². The molecule has 3 heterocycles. The van der Waals surface area contributed by atoms with Crippen LogP contribution in [0.15, 0.2) is 24.3 Å². The Hall–Kier alpha value is -0.860. The van der Waals surface area contributed by atoms with Gasteiger partial charge in [0.05, 0.1) is 0 Å². The van der Waals surface area contributed by atoms with Crippen LogP contribution in [0.2, 0.25) is 0 Å². The standard InChI is InChI=1S/C15H19NO.ClH/c1-11-2-4-13(5-3-11)15(17)14-10-16-8-6-12(14)7-9-16;/h2-5,12,14H,6-10H2,1H3;1H. The second-order valence-electron chi connectivity index (χ2n) is 5.47. The van der Waals surface area contributed by atoms with E-state index in [0.717, 1.165) is 12.1 Å². The van der Waals surface area contributed by atoms with Crippen molar-refractivity contribution in [2.75, 3.05) is 19.6 Å². The lowest BCUT2D eigenvalue weighted by atomic mass is 9.75. The quantitative estimate of drug-likeness (QED) is 0.681. The predicted molar refractivity (Wildman–Crippen MR) is 69.3 cm³/mol. The number of halogens is 1. The SMILES string of the molecule is Cc1ccc(C(=O)C2CN3CCC2CC3)cc1.[Cl-].[H+]. The van der Waals surface area contributed by atoms with Crippen LogP contribution in [0, 0.1) is 18.8 Å². The Morgan fingerprint density at radius 1 is 1.22 bits per heavy atom. The van der Waals surface area contributed by atoms with Crippen molar-refractivity contribution in [1.82, 2.24) is 4.90 Å². The van der Waals surface area contributed by atoms with Gasteiger partial charge in [-0.15, -0.1) is 0 Å². The summed E-state index contributed by atoms with van der Waals surface area (Å²) in [6, 6.07) is 8.04. The van der Waals surface area contributed by atoms with Gasteiger partial charge >= 0.3 is 1.43 Å². The largest absolute Gasteiger partial charge is 1.00 e. The molecule has 0 saturated carbocycles. The molecule has 1 aromatic carbocycles. The topological polar surface area (TPSA) is 20.3 Å². The van der Waals surface area contributed by atoms with E-state index in [9.17, 15) is 4.79 Å². The van der Waals surface area contributed by atoms with Gasteiger partial charge in [0.25, 0.3) is 0 Å². The molecule has 2 bridgehead atoms. The van der Waals surface area contributed by atoms with Crippen molar-refractivity contribution in [2.45, 2.75) is 19.8 Å². The number of ketones is 1. The number of Topliss-reactive ketones (excluding diaryl/α,β-unsaturated/α-hetero) is 1. The molecule has 0 N–H and O–H groups in total. The third kappa shape index (κ3) is 2.45. The van der Waals surface area contributed by atoms with E-state index in [-0.39, 0.29) is 19.8 Å². The molecule has 3 aliphatic rings. The van der Waals surface area contributed by atoms with E-state index in [1.165, 1.54) is 31.5 Å². The van der Waals surface area contributed by atoms with Crippen molar-refractivity contribution in [3.8, 4) is 0 Å². The molecule has 98 valence electrons. The molecule has 4 rings (SSSR count). The lowest BCUT2D eigenvalue weighted by molar-refractivity contribution is -0.0000151. The minimum Gasteiger partial charge on any atom is -1.00 e. The van der Waals surface area contributed by atoms with E-state index in [4.69, 9.17) is 0 Å². The van der Waals surface area contributed by atoms with E-state index >= 15 is 0 Å². The highest BCUT2D eigenvalue weighted by molar-refractivity contribution is 5.98. The van der Waals surface area contributed by atoms with Gasteiger partial charge in [0, 0.05) is 18.0 Å². The van der Waals surface area contributed by atoms with Gasteiger partial charge in [-0.3, -0.25) is 4.79 Å². The van der Waals surface area contributed by atoms with Gasteiger partial charge in [0.2, 0.25) is 0 Å². The Balaban J connectivity index is 0.000000902. The van der Waals surface area contributed by atoms with Crippen LogP contribution in [0.25, 0.3) is 0 Å². The summed E-state index contributed by atoms with van der Waals surface area (Å²) in [6.07, 6.45) is 2.42. The van der Waals surface area contributed by atoms with E-state index < -0.39 is 0 Å². The molecule has 2 nitrogen and oxygen atoms in total. The van der Waals surface area contributed by atoms with Gasteiger partial charge in [0.15, 0.2) is 5.78 Å². The summed E-state index contributed by atoms with van der Waals surface area (Å²) >= 11 is 0. The molecule has 3 aliphatic heterocycles. The normalized spacial score (nSPS) is 29.7. The van der Waals surface area contributed by atoms with Crippen molar-refractivity contribution < 1.29 is 18.6 Å². The second-order valence-corrected chi connectivity index (χ2v) is 5.47. The summed E-state index contributed by atoms with van der Waals surface area (Å²) in [4.78, 5) is 14.9. The average molecular weight is 266 g/mol. The zero-order valence-electron chi connectivity index (χ0n) is 11.7. The van der Waals surface area contributed by atoms with Gasteiger partial charge < -0.3 is 17.3 Å². The first-order valence-corrected chi connectivity index (χ1v) is 6.57. The van der Waals surface area contributed by atoms with Crippen LogP contribution in [-0.2, 0) is 0 Å². The molecule has 0 aliphatic carbocycles. The number of piperidine rings is 3. The first kappa shape index (κ1) is 13.6. The van der Waals surface area contributed by atoms with Crippen molar-refractivity contribution >= 4 is 5.78 Å². The lowest BCUT2D eigenvalue weighted by Gasteiger charge is -2.44. The van der Waals surface area contributed by atoms with E-state index in [1.54, 1.807) is 0 Å². The summed E-state index contributed by atoms with van der Waals surface area (Å²) < 4.78 is 0. The van der Waals surface area contributed by atoms with Crippen LogP contribution < -0.4 is 12.4 Å². The van der Waals surface area contributed by atoms with Gasteiger partial charge in [-0.2, -0.15) is 0 Å². The maximum absolute atomic E-state index is 12.5. The molecule has 3 heteroatoms. The number of carbonyl (C=O) groups excluding carboxylic acids is 1. The Morgan fingerprint density at radius 3 is 2.33 bits per heavy atom. The maximum atomic E-state index is 12.5. The van der Waals surface area contributed by atoms with Crippen molar-refractivity contribution in [3.05, 3.63) is 35.4 Å². The minimum absolute atomic E-state index is 0. The number of carbonyl (C=O) groups is 1. The van der Waals surface area contributed by atoms with Gasteiger partial charge in [-0.1, -0.05) is 29.8 Å². The fourth-order valence-electron chi connectivity index (χ4n) is 3.19. The molecule has 0 aromatic heterocycles. The number of fused-ring (bicyclic) bond motifs is 3. The lowest BCUT2D eigenvalue weighted by Crippen LogP contribution is -3.00. The molecule has 18 heavy (non-hydrogen) atoms. The fraction of sp³-hybridized carbons (Fsp3) is 0.533. The number of hydrogen-bond acceptors (Lipinski definition) is 2. The first-order chi connectivity index (χ1) is 8.24. The molecule has 1 atom stereocenters. The third-order valence-electron chi connectivity index (χ3n) is 4.33. The number of aryl methyl sites for hydroxylation is 1.